The van der Waals surface area contributed by atoms with Crippen molar-refractivity contribution in [3.63, 3.8) is 0 Å². The van der Waals surface area contributed by atoms with Gasteiger partial charge in [-0.3, -0.25) is 0 Å². The average Bonchev–Trinajstić information content (AvgIpc) is 2.82. The molecule has 0 spiro atoms. The van der Waals surface area contributed by atoms with Gasteiger partial charge in [-0.2, -0.15) is 16.1 Å². The van der Waals surface area contributed by atoms with Gasteiger partial charge in [0.25, 0.3) is 10.0 Å². The molecule has 1 unspecified atom stereocenters. The summed E-state index contributed by atoms with van der Waals surface area (Å²) in [5.41, 5.74) is 0. The van der Waals surface area contributed by atoms with Crippen LogP contribution in [-0.2, 0) is 10.0 Å². The van der Waals surface area contributed by atoms with Crippen LogP contribution < -0.4 is 0 Å². The molecule has 0 aromatic carbocycles. The third-order valence-corrected chi connectivity index (χ3v) is 5.93. The molecule has 1 N–H and O–H groups in total. The number of hydrogen-bond donors (Lipinski definition) is 1. The van der Waals surface area contributed by atoms with Crippen molar-refractivity contribution in [2.45, 2.75) is 42.2 Å². The lowest BCUT2D eigenvalue weighted by Gasteiger charge is -2.22. The molecule has 1 aromatic heterocycles. The number of nitrogens with one attached hydrogen (secondary N) is 1. The highest BCUT2D eigenvalue weighted by atomic mass is 32.2. The number of H-pyrrole nitrogens is 1. The summed E-state index contributed by atoms with van der Waals surface area (Å²) in [6, 6.07) is 0. The normalized spacial score (nSPS) is 22.5. The molecule has 0 radical (unpaired) electrons. The molecule has 5 nitrogen and oxygen atoms in total. The number of sulfonamides is 1. The van der Waals surface area contributed by atoms with Crippen molar-refractivity contribution >= 4 is 21.8 Å². The van der Waals surface area contributed by atoms with Crippen molar-refractivity contribution in [3.05, 3.63) is 12.5 Å². The van der Waals surface area contributed by atoms with Crippen LogP contribution in [0.2, 0.25) is 0 Å². The molecule has 0 bridgehead atoms. The van der Waals surface area contributed by atoms with Gasteiger partial charge in [0.2, 0.25) is 0 Å². The Morgan fingerprint density at radius 1 is 1.50 bits per heavy atom. The third kappa shape index (κ3) is 3.07. The Morgan fingerprint density at radius 3 is 2.78 bits per heavy atom. The fourth-order valence-electron chi connectivity index (χ4n) is 2.04. The first-order valence-electron chi connectivity index (χ1n) is 5.95. The molecule has 1 saturated heterocycles. The molecule has 1 atom stereocenters. The van der Waals surface area contributed by atoms with Crippen molar-refractivity contribution in [2.24, 2.45) is 0 Å². The van der Waals surface area contributed by atoms with Gasteiger partial charge in [-0.1, -0.05) is 20.8 Å². The van der Waals surface area contributed by atoms with E-state index in [9.17, 15) is 8.42 Å². The Labute approximate surface area is 112 Å². The minimum atomic E-state index is -3.38. The fourth-order valence-corrected chi connectivity index (χ4v) is 5.00. The molecular weight excluding hydrogens is 270 g/mol. The van der Waals surface area contributed by atoms with E-state index < -0.39 is 10.0 Å². The first-order valence-corrected chi connectivity index (χ1v) is 8.27. The summed E-state index contributed by atoms with van der Waals surface area (Å²) in [5, 5.41) is 0.562. The number of aromatic nitrogens is 2. The lowest BCUT2D eigenvalue weighted by Crippen LogP contribution is -2.30. The van der Waals surface area contributed by atoms with E-state index >= 15 is 0 Å². The summed E-state index contributed by atoms with van der Waals surface area (Å²) in [6.07, 6.45) is 3.67. The van der Waals surface area contributed by atoms with Crippen LogP contribution in [0.25, 0.3) is 0 Å². The van der Waals surface area contributed by atoms with Crippen molar-refractivity contribution < 1.29 is 8.42 Å². The maximum atomic E-state index is 12.3. The Hall–Kier alpha value is -0.530. The zero-order valence-electron chi connectivity index (χ0n) is 10.9. The van der Waals surface area contributed by atoms with Crippen LogP contribution in [0.5, 0.6) is 0 Å². The van der Waals surface area contributed by atoms with Crippen molar-refractivity contribution in [2.75, 3.05) is 13.1 Å². The van der Waals surface area contributed by atoms with E-state index in [0.717, 1.165) is 6.42 Å². The first-order chi connectivity index (χ1) is 8.29. The summed E-state index contributed by atoms with van der Waals surface area (Å²) in [7, 11) is -3.38. The van der Waals surface area contributed by atoms with E-state index in [1.807, 2.05) is 11.8 Å². The van der Waals surface area contributed by atoms with Crippen LogP contribution in [0.15, 0.2) is 17.6 Å². The standard InChI is InChI=1S/C11H19N3O2S2/c1-11(2,3)17-9-4-5-14(7-9)18(15,16)10-6-12-8-13-10/h6,8-9H,4-5,7H2,1-3H3,(H,12,13). The summed E-state index contributed by atoms with van der Waals surface area (Å²) in [5.74, 6) is 0. The second kappa shape index (κ2) is 4.86. The van der Waals surface area contributed by atoms with E-state index in [2.05, 4.69) is 30.7 Å². The van der Waals surface area contributed by atoms with Crippen LogP contribution in [0.4, 0.5) is 0 Å². The van der Waals surface area contributed by atoms with E-state index in [1.54, 1.807) is 4.31 Å². The number of thioether (sulfide) groups is 1. The lowest BCUT2D eigenvalue weighted by atomic mass is 10.3. The Morgan fingerprint density at radius 2 is 2.22 bits per heavy atom. The molecule has 2 rings (SSSR count). The van der Waals surface area contributed by atoms with Gasteiger partial charge in [0.1, 0.15) is 0 Å². The smallest absolute Gasteiger partial charge is 0.260 e. The minimum absolute atomic E-state index is 0.165. The predicted octanol–water partition coefficient (Wildman–Crippen LogP) is 1.70. The summed E-state index contributed by atoms with van der Waals surface area (Å²) in [6.45, 7) is 7.65. The zero-order chi connectivity index (χ0) is 13.4. The Bertz CT molecular complexity index is 491. The molecule has 2 heterocycles. The highest BCUT2D eigenvalue weighted by Gasteiger charge is 2.35. The van der Waals surface area contributed by atoms with E-state index in [1.165, 1.54) is 12.5 Å². The number of aromatic amines is 1. The van der Waals surface area contributed by atoms with Gasteiger partial charge < -0.3 is 4.98 Å². The molecule has 1 fully saturated rings. The monoisotopic (exact) mass is 289 g/mol. The zero-order valence-corrected chi connectivity index (χ0v) is 12.5. The maximum Gasteiger partial charge on any atom is 0.260 e. The number of imidazole rings is 1. The van der Waals surface area contributed by atoms with Gasteiger partial charge in [-0.05, 0) is 6.42 Å². The molecule has 0 amide bonds. The van der Waals surface area contributed by atoms with E-state index in [-0.39, 0.29) is 9.77 Å². The molecule has 102 valence electrons. The summed E-state index contributed by atoms with van der Waals surface area (Å²) < 4.78 is 26.2. The second-order valence-corrected chi connectivity index (χ2v) is 9.45. The van der Waals surface area contributed by atoms with E-state index in [4.69, 9.17) is 0 Å². The quantitative estimate of drug-likeness (QED) is 0.920. The Kier molecular flexibility index (Phi) is 3.75. The van der Waals surface area contributed by atoms with Crippen LogP contribution in [0.3, 0.4) is 0 Å². The van der Waals surface area contributed by atoms with Gasteiger partial charge in [0.05, 0.1) is 12.5 Å². The van der Waals surface area contributed by atoms with Crippen LogP contribution >= 0.6 is 11.8 Å². The molecule has 7 heteroatoms. The van der Waals surface area contributed by atoms with Gasteiger partial charge in [0, 0.05) is 23.1 Å². The van der Waals surface area contributed by atoms with E-state index in [0.29, 0.717) is 18.3 Å². The van der Waals surface area contributed by atoms with Crippen molar-refractivity contribution in [1.29, 1.82) is 0 Å². The topological polar surface area (TPSA) is 66.1 Å². The van der Waals surface area contributed by atoms with Gasteiger partial charge in [-0.15, -0.1) is 0 Å². The largest absolute Gasteiger partial charge is 0.335 e. The number of nitrogens with zero attached hydrogens (tertiary/aromatic N) is 2. The molecule has 1 aromatic rings. The molecule has 1 aliphatic heterocycles. The fraction of sp³-hybridized carbons (Fsp3) is 0.727. The molecule has 0 aliphatic carbocycles. The first kappa shape index (κ1) is 13.9. The van der Waals surface area contributed by atoms with Crippen LogP contribution in [0, 0.1) is 0 Å². The highest BCUT2D eigenvalue weighted by Crippen LogP contribution is 2.34. The molecule has 1 aliphatic rings. The van der Waals surface area contributed by atoms with Crippen LogP contribution in [0.1, 0.15) is 27.2 Å². The third-order valence-electron chi connectivity index (χ3n) is 2.72. The minimum Gasteiger partial charge on any atom is -0.335 e. The van der Waals surface area contributed by atoms with Crippen molar-refractivity contribution in [3.8, 4) is 0 Å². The van der Waals surface area contributed by atoms with Gasteiger partial charge in [0.15, 0.2) is 5.03 Å². The molecule has 18 heavy (non-hydrogen) atoms. The van der Waals surface area contributed by atoms with Gasteiger partial charge >= 0.3 is 0 Å². The van der Waals surface area contributed by atoms with Crippen molar-refractivity contribution in [1.82, 2.24) is 14.3 Å². The number of rotatable bonds is 3. The second-order valence-electron chi connectivity index (χ2n) is 5.42. The maximum absolute atomic E-state index is 12.3. The summed E-state index contributed by atoms with van der Waals surface area (Å²) >= 11 is 1.85. The number of hydrogen-bond acceptors (Lipinski definition) is 4. The van der Waals surface area contributed by atoms with Gasteiger partial charge in [-0.25, -0.2) is 13.4 Å². The molecular formula is C11H19N3O2S2. The van der Waals surface area contributed by atoms with Crippen LogP contribution in [-0.4, -0.2) is 45.8 Å². The molecule has 0 saturated carbocycles. The lowest BCUT2D eigenvalue weighted by molar-refractivity contribution is 0.475. The Balaban J connectivity index is 2.05. The SMILES string of the molecule is CC(C)(C)SC1CCN(S(=O)(=O)c2cnc[nH]2)C1. The average molecular weight is 289 g/mol. The summed E-state index contributed by atoms with van der Waals surface area (Å²) in [4.78, 5) is 6.44. The highest BCUT2D eigenvalue weighted by molar-refractivity contribution is 8.01. The predicted molar refractivity (Wildman–Crippen MR) is 73.1 cm³/mol.